The fraction of sp³-hybridized carbons (Fsp3) is 0.500. The van der Waals surface area contributed by atoms with E-state index < -0.39 is 15.8 Å². The minimum Gasteiger partial charge on any atom is -0.494 e. The third-order valence-corrected chi connectivity index (χ3v) is 10.3. The van der Waals surface area contributed by atoms with Gasteiger partial charge in [0, 0.05) is 56.1 Å². The number of nitrogens with one attached hydrogen (secondary N) is 3. The average molecular weight is 794 g/mol. The van der Waals surface area contributed by atoms with Crippen molar-refractivity contribution < 1.29 is 31.8 Å². The number of hydrogen-bond donors (Lipinski definition) is 3. The Balaban J connectivity index is 1.48. The Morgan fingerprint density at radius 2 is 1.78 bits per heavy atom. The van der Waals surface area contributed by atoms with Crippen LogP contribution < -0.4 is 39.4 Å². The van der Waals surface area contributed by atoms with Gasteiger partial charge in [-0.1, -0.05) is 0 Å². The number of rotatable bonds is 8. The molecule has 3 aliphatic heterocycles. The van der Waals surface area contributed by atoms with E-state index in [2.05, 4.69) is 46.7 Å². The number of methoxy groups -OCH3 is 1. The number of anilines is 6. The second-order valence-electron chi connectivity index (χ2n) is 12.7. The fourth-order valence-electron chi connectivity index (χ4n) is 6.06. The number of nitrogens with zero attached hydrogens (tertiary/aromatic N) is 5. The Labute approximate surface area is 307 Å². The van der Waals surface area contributed by atoms with Crippen molar-refractivity contribution in [1.82, 2.24) is 20.2 Å². The molecule has 2 aromatic carbocycles. The SMILES string of the molecule is CCN(c1cc2c(F)cc1Nc1nc(ncc1Br)Nc1cc(c(N3CCC(NC(=O)CN(C)C)CC3)cc1OC)OCCCCCO2)S(C)(=O)=O. The average Bonchev–Trinajstić information content (AvgIpc) is 3.06. The van der Waals surface area contributed by atoms with Crippen LogP contribution in [-0.2, 0) is 14.8 Å². The van der Waals surface area contributed by atoms with Gasteiger partial charge in [0.25, 0.3) is 0 Å². The molecule has 0 atom stereocenters. The lowest BCUT2D eigenvalue weighted by Crippen LogP contribution is -2.46. The molecule has 1 fully saturated rings. The third-order valence-electron chi connectivity index (χ3n) is 8.50. The van der Waals surface area contributed by atoms with Gasteiger partial charge >= 0.3 is 0 Å². The molecule has 0 radical (unpaired) electrons. The molecule has 3 aliphatic rings. The van der Waals surface area contributed by atoms with Crippen LogP contribution in [-0.4, -0.2) is 102 Å². The first-order valence-electron chi connectivity index (χ1n) is 16.9. The number of sulfonamides is 1. The Kier molecular flexibility index (Phi) is 12.7. The van der Waals surface area contributed by atoms with Crippen LogP contribution in [0.2, 0.25) is 0 Å². The molecule has 1 amide bonds. The van der Waals surface area contributed by atoms with E-state index in [1.807, 2.05) is 31.1 Å². The molecule has 6 bridgehead atoms. The van der Waals surface area contributed by atoms with Crippen molar-refractivity contribution in [3.8, 4) is 17.2 Å². The van der Waals surface area contributed by atoms with Crippen LogP contribution in [0.3, 0.4) is 0 Å². The molecule has 3 aromatic rings. The lowest BCUT2D eigenvalue weighted by molar-refractivity contribution is -0.122. The Hall–Kier alpha value is -4.09. The summed E-state index contributed by atoms with van der Waals surface area (Å²) >= 11 is 3.47. The van der Waals surface area contributed by atoms with Crippen LogP contribution >= 0.6 is 15.9 Å². The first-order valence-corrected chi connectivity index (χ1v) is 19.5. The summed E-state index contributed by atoms with van der Waals surface area (Å²) in [5.41, 5.74) is 1.82. The third kappa shape index (κ3) is 9.83. The van der Waals surface area contributed by atoms with E-state index in [4.69, 9.17) is 14.2 Å². The van der Waals surface area contributed by atoms with E-state index in [1.54, 1.807) is 14.0 Å². The number of halogens is 2. The van der Waals surface area contributed by atoms with Crippen LogP contribution in [0.5, 0.6) is 17.2 Å². The predicted octanol–water partition coefficient (Wildman–Crippen LogP) is 5.25. The maximum atomic E-state index is 15.4. The molecule has 51 heavy (non-hydrogen) atoms. The van der Waals surface area contributed by atoms with Gasteiger partial charge in [-0.3, -0.25) is 9.10 Å². The van der Waals surface area contributed by atoms with Gasteiger partial charge in [-0.25, -0.2) is 17.8 Å². The van der Waals surface area contributed by atoms with Crippen molar-refractivity contribution >= 4 is 66.4 Å². The Morgan fingerprint density at radius 3 is 2.43 bits per heavy atom. The summed E-state index contributed by atoms with van der Waals surface area (Å²) in [7, 11) is 1.61. The number of carbonyl (C=O) groups is 1. The van der Waals surface area contributed by atoms with Crippen molar-refractivity contribution in [3.05, 3.63) is 40.8 Å². The minimum absolute atomic E-state index is 0.0138. The molecule has 14 nitrogen and oxygen atoms in total. The molecule has 0 aliphatic carbocycles. The number of amides is 1. The normalized spacial score (nSPS) is 15.7. The van der Waals surface area contributed by atoms with Gasteiger partial charge in [0.15, 0.2) is 11.6 Å². The lowest BCUT2D eigenvalue weighted by atomic mass is 10.0. The topological polar surface area (TPSA) is 150 Å². The van der Waals surface area contributed by atoms with Gasteiger partial charge in [0.2, 0.25) is 21.9 Å². The molecule has 0 saturated carbocycles. The summed E-state index contributed by atoms with van der Waals surface area (Å²) in [6, 6.07) is 6.49. The zero-order valence-electron chi connectivity index (χ0n) is 29.6. The molecule has 1 saturated heterocycles. The summed E-state index contributed by atoms with van der Waals surface area (Å²) in [5, 5.41) is 9.48. The summed E-state index contributed by atoms with van der Waals surface area (Å²) < 4.78 is 60.6. The number of aromatic nitrogens is 2. The molecule has 278 valence electrons. The van der Waals surface area contributed by atoms with Crippen LogP contribution in [0.1, 0.15) is 39.0 Å². The van der Waals surface area contributed by atoms with E-state index in [0.717, 1.165) is 31.2 Å². The van der Waals surface area contributed by atoms with Gasteiger partial charge in [-0.15, -0.1) is 0 Å². The minimum atomic E-state index is -3.72. The predicted molar refractivity (Wildman–Crippen MR) is 200 cm³/mol. The molecule has 17 heteroatoms. The maximum Gasteiger partial charge on any atom is 0.234 e. The number of ether oxygens (including phenoxy) is 3. The van der Waals surface area contributed by atoms with Gasteiger partial charge in [0.05, 0.1) is 60.3 Å². The molecule has 6 rings (SSSR count). The smallest absolute Gasteiger partial charge is 0.234 e. The van der Waals surface area contributed by atoms with Crippen molar-refractivity contribution in [2.45, 2.75) is 45.1 Å². The van der Waals surface area contributed by atoms with E-state index in [-0.39, 0.29) is 54.0 Å². The van der Waals surface area contributed by atoms with Crippen LogP contribution in [0.15, 0.2) is 34.9 Å². The highest BCUT2D eigenvalue weighted by Crippen LogP contribution is 2.42. The van der Waals surface area contributed by atoms with E-state index >= 15 is 4.39 Å². The molecular weight excluding hydrogens is 747 g/mol. The molecule has 0 unspecified atom stereocenters. The largest absolute Gasteiger partial charge is 0.494 e. The number of piperidine rings is 1. The molecule has 3 N–H and O–H groups in total. The standard InChI is InChI=1S/C34H46BrFN8O6S/c1-6-44(51(5,46)47)27-18-29-24(36)16-25(27)39-33-23(35)20-37-34(41-33)40-26-17-31(50-15-9-7-8-14-49-29)28(19-30(26)48-4)43-12-10-22(11-13-43)38-32(45)21-42(2)3/h16-20,22H,6-15,21H2,1-5H3,(H,38,45)(H2,37,39,40,41). The maximum absolute atomic E-state index is 15.4. The van der Waals surface area contributed by atoms with Crippen molar-refractivity contribution in [2.24, 2.45) is 0 Å². The van der Waals surface area contributed by atoms with Crippen LogP contribution in [0.4, 0.5) is 38.9 Å². The van der Waals surface area contributed by atoms with E-state index in [0.29, 0.717) is 60.7 Å². The molecule has 0 spiro atoms. The number of fused-ring (bicyclic) bond motifs is 8. The Morgan fingerprint density at radius 1 is 1.08 bits per heavy atom. The molecule has 1 aromatic heterocycles. The van der Waals surface area contributed by atoms with Crippen molar-refractivity contribution in [3.63, 3.8) is 0 Å². The quantitative estimate of drug-likeness (QED) is 0.274. The van der Waals surface area contributed by atoms with Crippen LogP contribution in [0, 0.1) is 5.82 Å². The van der Waals surface area contributed by atoms with Crippen molar-refractivity contribution in [2.75, 3.05) is 86.7 Å². The summed E-state index contributed by atoms with van der Waals surface area (Å²) in [6.07, 6.45) is 6.29. The van der Waals surface area contributed by atoms with Gasteiger partial charge in [-0.2, -0.15) is 4.98 Å². The zero-order chi connectivity index (χ0) is 36.7. The number of benzene rings is 2. The lowest BCUT2D eigenvalue weighted by Gasteiger charge is -2.35. The first-order chi connectivity index (χ1) is 24.4. The fourth-order valence-corrected chi connectivity index (χ4v) is 7.32. The highest BCUT2D eigenvalue weighted by Gasteiger charge is 2.26. The number of hydrogen-bond acceptors (Lipinski definition) is 12. The first kappa shape index (κ1) is 38.1. The molecular formula is C34H46BrFN8O6S. The zero-order valence-corrected chi connectivity index (χ0v) is 32.0. The highest BCUT2D eigenvalue weighted by molar-refractivity contribution is 9.10. The highest BCUT2D eigenvalue weighted by atomic mass is 79.9. The van der Waals surface area contributed by atoms with E-state index in [9.17, 15) is 13.2 Å². The van der Waals surface area contributed by atoms with Gasteiger partial charge < -0.3 is 40.0 Å². The Bertz CT molecular complexity index is 1810. The van der Waals surface area contributed by atoms with Gasteiger partial charge in [0.1, 0.15) is 17.3 Å². The summed E-state index contributed by atoms with van der Waals surface area (Å²) in [5.74, 6) is 0.963. The summed E-state index contributed by atoms with van der Waals surface area (Å²) in [4.78, 5) is 25.5. The number of likely N-dealkylation sites (N-methyl/N-ethyl adjacent to an activating group) is 1. The second-order valence-corrected chi connectivity index (χ2v) is 15.5. The number of carbonyl (C=O) groups excluding carboxylic acids is 1. The van der Waals surface area contributed by atoms with Crippen LogP contribution in [0.25, 0.3) is 0 Å². The van der Waals surface area contributed by atoms with E-state index in [1.165, 1.54) is 22.6 Å². The monoisotopic (exact) mass is 792 g/mol. The second kappa shape index (κ2) is 17.0. The van der Waals surface area contributed by atoms with Crippen molar-refractivity contribution in [1.29, 1.82) is 0 Å². The van der Waals surface area contributed by atoms with Gasteiger partial charge in [-0.05, 0) is 69.1 Å². The summed E-state index contributed by atoms with van der Waals surface area (Å²) in [6.45, 7) is 4.24. The molecule has 4 heterocycles.